The van der Waals surface area contributed by atoms with Crippen LogP contribution in [0.1, 0.15) is 15.9 Å². The predicted octanol–water partition coefficient (Wildman–Crippen LogP) is 1.13. The topological polar surface area (TPSA) is 62.2 Å². The maximum Gasteiger partial charge on any atom is 0.339 e. The van der Waals surface area contributed by atoms with Crippen LogP contribution in [0, 0.1) is 19.3 Å². The third kappa shape index (κ3) is 2.02. The molecule has 0 saturated heterocycles. The fraction of sp³-hybridized carbons (Fsp3) is 0.200. The monoisotopic (exact) mass is 190 g/mol. The minimum Gasteiger partial charge on any atom is -0.478 e. The Hall–Kier alpha value is -2.02. The number of carboxylic acids is 1. The van der Waals surface area contributed by atoms with Crippen molar-refractivity contribution < 1.29 is 9.90 Å². The Kier molecular flexibility index (Phi) is 3.08. The van der Waals surface area contributed by atoms with E-state index in [0.29, 0.717) is 11.4 Å². The van der Waals surface area contributed by atoms with E-state index in [2.05, 4.69) is 16.2 Å². The molecule has 0 atom stereocenters. The largest absolute Gasteiger partial charge is 0.478 e. The predicted molar refractivity (Wildman–Crippen MR) is 53.3 cm³/mol. The zero-order chi connectivity index (χ0) is 10.6. The first-order valence-electron chi connectivity index (χ1n) is 4.03. The molecule has 72 valence electrons. The maximum atomic E-state index is 10.9. The first-order chi connectivity index (χ1) is 6.66. The van der Waals surface area contributed by atoms with Gasteiger partial charge in [-0.3, -0.25) is 0 Å². The molecule has 0 radical (unpaired) electrons. The fourth-order valence-electron chi connectivity index (χ4n) is 1.10. The van der Waals surface area contributed by atoms with Gasteiger partial charge < -0.3 is 10.4 Å². The molecule has 1 aromatic rings. The highest BCUT2D eigenvalue weighted by molar-refractivity contribution is 5.94. The van der Waals surface area contributed by atoms with Crippen LogP contribution < -0.4 is 5.32 Å². The average molecular weight is 190 g/mol. The molecule has 0 saturated carbocycles. The van der Waals surface area contributed by atoms with Gasteiger partial charge in [-0.1, -0.05) is 5.92 Å². The summed E-state index contributed by atoms with van der Waals surface area (Å²) in [4.78, 5) is 14.8. The van der Waals surface area contributed by atoms with Crippen LogP contribution in [0.4, 0.5) is 5.82 Å². The van der Waals surface area contributed by atoms with E-state index in [1.54, 1.807) is 19.2 Å². The van der Waals surface area contributed by atoms with E-state index in [-0.39, 0.29) is 12.1 Å². The van der Waals surface area contributed by atoms with Crippen LogP contribution in [0.2, 0.25) is 0 Å². The van der Waals surface area contributed by atoms with Crippen molar-refractivity contribution in [2.24, 2.45) is 0 Å². The quantitative estimate of drug-likeness (QED) is 0.701. The van der Waals surface area contributed by atoms with Crippen molar-refractivity contribution in [3.05, 3.63) is 23.4 Å². The van der Waals surface area contributed by atoms with Crippen molar-refractivity contribution in [2.45, 2.75) is 6.92 Å². The Balaban J connectivity index is 3.09. The number of carboxylic acid groups (broad SMARTS) is 1. The molecule has 0 unspecified atom stereocenters. The zero-order valence-electron chi connectivity index (χ0n) is 7.74. The van der Waals surface area contributed by atoms with Gasteiger partial charge in [-0.2, -0.15) is 0 Å². The number of aromatic carboxylic acids is 1. The summed E-state index contributed by atoms with van der Waals surface area (Å²) >= 11 is 0. The van der Waals surface area contributed by atoms with E-state index in [9.17, 15) is 4.79 Å². The number of rotatable bonds is 3. The Labute approximate surface area is 82.0 Å². The summed E-state index contributed by atoms with van der Waals surface area (Å²) < 4.78 is 0. The summed E-state index contributed by atoms with van der Waals surface area (Å²) in [5.41, 5.74) is 0.828. The molecule has 2 N–H and O–H groups in total. The van der Waals surface area contributed by atoms with Gasteiger partial charge in [0.25, 0.3) is 0 Å². The van der Waals surface area contributed by atoms with Crippen LogP contribution in [0.3, 0.4) is 0 Å². The normalized spacial score (nSPS) is 9.14. The molecule has 0 bridgehead atoms. The van der Waals surface area contributed by atoms with Crippen molar-refractivity contribution in [1.82, 2.24) is 4.98 Å². The van der Waals surface area contributed by atoms with E-state index in [1.807, 2.05) is 0 Å². The molecule has 4 heteroatoms. The van der Waals surface area contributed by atoms with Gasteiger partial charge in [-0.15, -0.1) is 6.42 Å². The van der Waals surface area contributed by atoms with Crippen molar-refractivity contribution in [3.63, 3.8) is 0 Å². The van der Waals surface area contributed by atoms with Crippen molar-refractivity contribution in [1.29, 1.82) is 0 Å². The number of hydrogen-bond acceptors (Lipinski definition) is 3. The Morgan fingerprint density at radius 3 is 3.07 bits per heavy atom. The van der Waals surface area contributed by atoms with Crippen LogP contribution in [0.15, 0.2) is 12.3 Å². The van der Waals surface area contributed by atoms with Gasteiger partial charge in [0.05, 0.1) is 6.54 Å². The summed E-state index contributed by atoms with van der Waals surface area (Å²) in [6.45, 7) is 1.98. The number of aromatic nitrogens is 1. The molecular formula is C10H10N2O2. The van der Waals surface area contributed by atoms with Crippen LogP contribution in [0.25, 0.3) is 0 Å². The number of terminal acetylenes is 1. The molecular weight excluding hydrogens is 180 g/mol. The standard InChI is InChI=1S/C10H10N2O2/c1-3-5-11-9-8(10(13)14)7(2)4-6-12-9/h1,4,6H,5H2,2H3,(H,11,12)(H,13,14). The van der Waals surface area contributed by atoms with Gasteiger partial charge in [0, 0.05) is 6.20 Å². The molecule has 14 heavy (non-hydrogen) atoms. The summed E-state index contributed by atoms with van der Waals surface area (Å²) in [7, 11) is 0. The number of nitrogens with zero attached hydrogens (tertiary/aromatic N) is 1. The van der Waals surface area contributed by atoms with Gasteiger partial charge >= 0.3 is 5.97 Å². The molecule has 0 aliphatic heterocycles. The van der Waals surface area contributed by atoms with Gasteiger partial charge in [0.2, 0.25) is 0 Å². The van der Waals surface area contributed by atoms with Crippen LogP contribution >= 0.6 is 0 Å². The summed E-state index contributed by atoms with van der Waals surface area (Å²) in [6.07, 6.45) is 6.60. The number of pyridine rings is 1. The highest BCUT2D eigenvalue weighted by Gasteiger charge is 2.13. The number of anilines is 1. The van der Waals surface area contributed by atoms with Gasteiger partial charge in [-0.05, 0) is 18.6 Å². The third-order valence-electron chi connectivity index (χ3n) is 1.73. The van der Waals surface area contributed by atoms with E-state index in [0.717, 1.165) is 0 Å². The second-order valence-electron chi connectivity index (χ2n) is 2.71. The average Bonchev–Trinajstić information content (AvgIpc) is 2.14. The lowest BCUT2D eigenvalue weighted by Gasteiger charge is -2.07. The molecule has 0 fully saturated rings. The molecule has 0 spiro atoms. The van der Waals surface area contributed by atoms with Crippen molar-refractivity contribution in [3.8, 4) is 12.3 Å². The van der Waals surface area contributed by atoms with E-state index >= 15 is 0 Å². The first-order valence-corrected chi connectivity index (χ1v) is 4.03. The van der Waals surface area contributed by atoms with E-state index in [4.69, 9.17) is 11.5 Å². The minimum absolute atomic E-state index is 0.169. The van der Waals surface area contributed by atoms with Crippen LogP contribution in [-0.2, 0) is 0 Å². The minimum atomic E-state index is -1.00. The summed E-state index contributed by atoms with van der Waals surface area (Å²) in [6, 6.07) is 1.64. The second kappa shape index (κ2) is 4.28. The Morgan fingerprint density at radius 2 is 2.50 bits per heavy atom. The van der Waals surface area contributed by atoms with E-state index < -0.39 is 5.97 Å². The number of carbonyl (C=O) groups is 1. The summed E-state index contributed by atoms with van der Waals surface area (Å²) in [5, 5.41) is 11.7. The summed E-state index contributed by atoms with van der Waals surface area (Å²) in [5.74, 6) is 1.67. The molecule has 4 nitrogen and oxygen atoms in total. The second-order valence-corrected chi connectivity index (χ2v) is 2.71. The molecule has 1 aromatic heterocycles. The molecule has 1 rings (SSSR count). The van der Waals surface area contributed by atoms with Crippen molar-refractivity contribution in [2.75, 3.05) is 11.9 Å². The molecule has 0 aromatic carbocycles. The lowest BCUT2D eigenvalue weighted by atomic mass is 10.1. The number of aryl methyl sites for hydroxylation is 1. The lowest BCUT2D eigenvalue weighted by molar-refractivity contribution is 0.0697. The van der Waals surface area contributed by atoms with Crippen molar-refractivity contribution >= 4 is 11.8 Å². The Bertz CT molecular complexity index is 394. The van der Waals surface area contributed by atoms with Crippen LogP contribution in [-0.4, -0.2) is 22.6 Å². The molecule has 1 heterocycles. The number of hydrogen-bond donors (Lipinski definition) is 2. The van der Waals surface area contributed by atoms with E-state index in [1.165, 1.54) is 0 Å². The van der Waals surface area contributed by atoms with Gasteiger partial charge in [-0.25, -0.2) is 9.78 Å². The SMILES string of the molecule is C#CCNc1nccc(C)c1C(=O)O. The maximum absolute atomic E-state index is 10.9. The van der Waals surface area contributed by atoms with Crippen LogP contribution in [0.5, 0.6) is 0 Å². The molecule has 0 aliphatic carbocycles. The zero-order valence-corrected chi connectivity index (χ0v) is 7.74. The molecule has 0 aliphatic rings. The van der Waals surface area contributed by atoms with Gasteiger partial charge in [0.15, 0.2) is 0 Å². The smallest absolute Gasteiger partial charge is 0.339 e. The fourth-order valence-corrected chi connectivity index (χ4v) is 1.10. The highest BCUT2D eigenvalue weighted by Crippen LogP contribution is 2.15. The molecule has 0 amide bonds. The highest BCUT2D eigenvalue weighted by atomic mass is 16.4. The number of nitrogens with one attached hydrogen (secondary N) is 1. The Morgan fingerprint density at radius 1 is 1.79 bits per heavy atom. The third-order valence-corrected chi connectivity index (χ3v) is 1.73. The van der Waals surface area contributed by atoms with Gasteiger partial charge in [0.1, 0.15) is 11.4 Å². The lowest BCUT2D eigenvalue weighted by Crippen LogP contribution is -2.10. The first kappa shape index (κ1) is 10.1.